The van der Waals surface area contributed by atoms with Gasteiger partial charge in [0.1, 0.15) is 0 Å². The van der Waals surface area contributed by atoms with Gasteiger partial charge in [0, 0.05) is 18.8 Å². The molecule has 2 N–H and O–H groups in total. The molecule has 1 aliphatic heterocycles. The third-order valence-corrected chi connectivity index (χ3v) is 4.72. The fourth-order valence-electron chi connectivity index (χ4n) is 3.41. The van der Waals surface area contributed by atoms with Gasteiger partial charge in [-0.15, -0.1) is 0 Å². The van der Waals surface area contributed by atoms with Gasteiger partial charge in [0.15, 0.2) is 0 Å². The van der Waals surface area contributed by atoms with Crippen molar-refractivity contribution in [3.05, 3.63) is 23.8 Å². The fourth-order valence-corrected chi connectivity index (χ4v) is 3.41. The maximum absolute atomic E-state index is 12.6. The summed E-state index contributed by atoms with van der Waals surface area (Å²) in [5.41, 5.74) is 2.79. The van der Waals surface area contributed by atoms with Crippen LogP contribution in [0.2, 0.25) is 0 Å². The van der Waals surface area contributed by atoms with E-state index >= 15 is 0 Å². The van der Waals surface area contributed by atoms with E-state index in [1.54, 1.807) is 4.90 Å². The number of amides is 3. The van der Waals surface area contributed by atoms with Crippen molar-refractivity contribution >= 4 is 23.3 Å². The third-order valence-electron chi connectivity index (χ3n) is 4.72. The quantitative estimate of drug-likeness (QED) is 0.868. The lowest BCUT2D eigenvalue weighted by atomic mass is 10.1. The van der Waals surface area contributed by atoms with Gasteiger partial charge in [0.2, 0.25) is 5.91 Å². The van der Waals surface area contributed by atoms with E-state index < -0.39 is 0 Å². The van der Waals surface area contributed by atoms with Gasteiger partial charge in [-0.1, -0.05) is 6.07 Å². The van der Waals surface area contributed by atoms with Gasteiger partial charge in [-0.25, -0.2) is 4.79 Å². The molecule has 1 heterocycles. The SMILES string of the molecule is CCNC(=O)N1CCc2ccc(NC(=O)[C@@H](C3CC3)N(C)C)cc21. The monoisotopic (exact) mass is 330 g/mol. The van der Waals surface area contributed by atoms with Crippen LogP contribution in [0.15, 0.2) is 18.2 Å². The van der Waals surface area contributed by atoms with Crippen molar-refractivity contribution in [3.8, 4) is 0 Å². The summed E-state index contributed by atoms with van der Waals surface area (Å²) in [7, 11) is 3.89. The van der Waals surface area contributed by atoms with Gasteiger partial charge < -0.3 is 10.6 Å². The lowest BCUT2D eigenvalue weighted by Crippen LogP contribution is -2.41. The van der Waals surface area contributed by atoms with Crippen LogP contribution < -0.4 is 15.5 Å². The molecule has 0 bridgehead atoms. The Morgan fingerprint density at radius 1 is 1.33 bits per heavy atom. The van der Waals surface area contributed by atoms with Crippen LogP contribution in [0.4, 0.5) is 16.2 Å². The van der Waals surface area contributed by atoms with E-state index in [0.717, 1.165) is 36.2 Å². The smallest absolute Gasteiger partial charge is 0.321 e. The van der Waals surface area contributed by atoms with Gasteiger partial charge in [-0.2, -0.15) is 0 Å². The molecule has 1 aromatic carbocycles. The van der Waals surface area contributed by atoms with E-state index in [9.17, 15) is 9.59 Å². The molecule has 1 aromatic rings. The second-order valence-electron chi connectivity index (χ2n) is 6.82. The van der Waals surface area contributed by atoms with Crippen LogP contribution in [0.25, 0.3) is 0 Å². The molecule has 1 fully saturated rings. The van der Waals surface area contributed by atoms with Crippen LogP contribution in [0, 0.1) is 5.92 Å². The first kappa shape index (κ1) is 16.8. The van der Waals surface area contributed by atoms with Crippen LogP contribution in [0.3, 0.4) is 0 Å². The fraction of sp³-hybridized carbons (Fsp3) is 0.556. The molecular formula is C18H26N4O2. The summed E-state index contributed by atoms with van der Waals surface area (Å²) in [5, 5.41) is 5.86. The van der Waals surface area contributed by atoms with Crippen molar-refractivity contribution in [1.82, 2.24) is 10.2 Å². The molecule has 0 saturated heterocycles. The number of rotatable bonds is 5. The lowest BCUT2D eigenvalue weighted by Gasteiger charge is -2.23. The average Bonchev–Trinajstić information content (AvgIpc) is 3.25. The highest BCUT2D eigenvalue weighted by Gasteiger charge is 2.37. The number of hydrogen-bond donors (Lipinski definition) is 2. The number of carbonyl (C=O) groups is 2. The summed E-state index contributed by atoms with van der Waals surface area (Å²) in [4.78, 5) is 28.5. The maximum Gasteiger partial charge on any atom is 0.321 e. The summed E-state index contributed by atoms with van der Waals surface area (Å²) >= 11 is 0. The molecule has 0 radical (unpaired) electrons. The maximum atomic E-state index is 12.6. The van der Waals surface area contributed by atoms with Gasteiger partial charge >= 0.3 is 6.03 Å². The van der Waals surface area contributed by atoms with E-state index in [-0.39, 0.29) is 18.0 Å². The highest BCUT2D eigenvalue weighted by molar-refractivity contribution is 5.98. The molecule has 2 aliphatic rings. The Kier molecular flexibility index (Phi) is 4.76. The molecule has 0 aromatic heterocycles. The molecule has 0 spiro atoms. The Labute approximate surface area is 143 Å². The van der Waals surface area contributed by atoms with Crippen LogP contribution in [0.1, 0.15) is 25.3 Å². The molecule has 1 aliphatic carbocycles. The number of anilines is 2. The number of urea groups is 1. The first-order chi connectivity index (χ1) is 11.5. The largest absolute Gasteiger partial charge is 0.338 e. The zero-order chi connectivity index (χ0) is 17.3. The summed E-state index contributed by atoms with van der Waals surface area (Å²) in [6, 6.07) is 5.68. The van der Waals surface area contributed by atoms with Crippen molar-refractivity contribution in [1.29, 1.82) is 0 Å². The zero-order valence-electron chi connectivity index (χ0n) is 14.6. The van der Waals surface area contributed by atoms with Crippen LogP contribution in [0.5, 0.6) is 0 Å². The molecule has 0 unspecified atom stereocenters. The molecule has 3 amide bonds. The highest BCUT2D eigenvalue weighted by Crippen LogP contribution is 2.36. The average molecular weight is 330 g/mol. The molecule has 6 heteroatoms. The number of carbonyl (C=O) groups excluding carboxylic acids is 2. The van der Waals surface area contributed by atoms with Gasteiger partial charge in [0.25, 0.3) is 0 Å². The van der Waals surface area contributed by atoms with E-state index in [2.05, 4.69) is 10.6 Å². The Bertz CT molecular complexity index is 638. The molecular weight excluding hydrogens is 304 g/mol. The summed E-state index contributed by atoms with van der Waals surface area (Å²) < 4.78 is 0. The number of benzene rings is 1. The van der Waals surface area contributed by atoms with Crippen molar-refractivity contribution in [2.45, 2.75) is 32.2 Å². The van der Waals surface area contributed by atoms with Crippen LogP contribution >= 0.6 is 0 Å². The summed E-state index contributed by atoms with van der Waals surface area (Å²) in [6.07, 6.45) is 3.08. The van der Waals surface area contributed by atoms with Crippen LogP contribution in [-0.2, 0) is 11.2 Å². The third kappa shape index (κ3) is 3.38. The minimum atomic E-state index is -0.0854. The van der Waals surface area contributed by atoms with Gasteiger partial charge in [-0.3, -0.25) is 14.6 Å². The summed E-state index contributed by atoms with van der Waals surface area (Å²) in [6.45, 7) is 3.19. The van der Waals surface area contributed by atoms with E-state index in [0.29, 0.717) is 19.0 Å². The molecule has 6 nitrogen and oxygen atoms in total. The van der Waals surface area contributed by atoms with Gasteiger partial charge in [0.05, 0.1) is 11.7 Å². The minimum Gasteiger partial charge on any atom is -0.338 e. The first-order valence-corrected chi connectivity index (χ1v) is 8.67. The van der Waals surface area contributed by atoms with Crippen molar-refractivity contribution < 1.29 is 9.59 Å². The summed E-state index contributed by atoms with van der Waals surface area (Å²) in [5.74, 6) is 0.492. The number of hydrogen-bond acceptors (Lipinski definition) is 3. The topological polar surface area (TPSA) is 64.7 Å². The number of nitrogens with zero attached hydrogens (tertiary/aromatic N) is 2. The number of likely N-dealkylation sites (N-methyl/N-ethyl adjacent to an activating group) is 1. The second kappa shape index (κ2) is 6.81. The zero-order valence-corrected chi connectivity index (χ0v) is 14.6. The number of nitrogens with one attached hydrogen (secondary N) is 2. The predicted molar refractivity (Wildman–Crippen MR) is 95.4 cm³/mol. The Hall–Kier alpha value is -2.08. The minimum absolute atomic E-state index is 0.0324. The highest BCUT2D eigenvalue weighted by atomic mass is 16.2. The van der Waals surface area contributed by atoms with Crippen molar-refractivity contribution in [2.24, 2.45) is 5.92 Å². The van der Waals surface area contributed by atoms with Crippen molar-refractivity contribution in [2.75, 3.05) is 37.4 Å². The van der Waals surface area contributed by atoms with Crippen LogP contribution in [-0.4, -0.2) is 50.1 Å². The lowest BCUT2D eigenvalue weighted by molar-refractivity contribution is -0.121. The van der Waals surface area contributed by atoms with Gasteiger partial charge in [-0.05, 0) is 63.9 Å². The molecule has 24 heavy (non-hydrogen) atoms. The normalized spacial score (nSPS) is 17.6. The predicted octanol–water partition coefficient (Wildman–Crippen LogP) is 2.06. The molecule has 1 atom stereocenters. The standard InChI is InChI=1S/C18H26N4O2/c1-4-19-18(24)22-10-9-12-7-8-14(11-15(12)22)20-17(23)16(21(2)3)13-5-6-13/h7-8,11,13,16H,4-6,9-10H2,1-3H3,(H,19,24)(H,20,23)/t16-/m1/s1. The van der Waals surface area contributed by atoms with E-state index in [1.807, 2.05) is 44.1 Å². The van der Waals surface area contributed by atoms with Crippen molar-refractivity contribution in [3.63, 3.8) is 0 Å². The Morgan fingerprint density at radius 2 is 2.08 bits per heavy atom. The van der Waals surface area contributed by atoms with E-state index in [1.165, 1.54) is 0 Å². The Balaban J connectivity index is 1.75. The molecule has 130 valence electrons. The molecule has 1 saturated carbocycles. The first-order valence-electron chi connectivity index (χ1n) is 8.67. The number of fused-ring (bicyclic) bond motifs is 1. The van der Waals surface area contributed by atoms with E-state index in [4.69, 9.17) is 0 Å². The second-order valence-corrected chi connectivity index (χ2v) is 6.82. The molecule has 3 rings (SSSR count). The Morgan fingerprint density at radius 3 is 2.71 bits per heavy atom.